The van der Waals surface area contributed by atoms with Gasteiger partial charge in [-0.15, -0.1) is 0 Å². The Bertz CT molecular complexity index is 816. The maximum Gasteiger partial charge on any atom is 0.220 e. The van der Waals surface area contributed by atoms with Gasteiger partial charge >= 0.3 is 0 Å². The zero-order valence-corrected chi connectivity index (χ0v) is 16.5. The van der Waals surface area contributed by atoms with Crippen LogP contribution in [0.25, 0.3) is 5.65 Å². The van der Waals surface area contributed by atoms with Crippen molar-refractivity contribution >= 4 is 11.6 Å². The second-order valence-electron chi connectivity index (χ2n) is 7.46. The highest BCUT2D eigenvalue weighted by Gasteiger charge is 2.15. The number of aryl methyl sites for hydroxylation is 2. The number of carbonyl (C=O) groups excluding carboxylic acids is 1. The smallest absolute Gasteiger partial charge is 0.220 e. The summed E-state index contributed by atoms with van der Waals surface area (Å²) in [6.45, 7) is 10.4. The number of nitrogens with zero attached hydrogens (tertiary/aromatic N) is 4. The van der Waals surface area contributed by atoms with Gasteiger partial charge in [0.25, 0.3) is 0 Å². The molecule has 0 fully saturated rings. The van der Waals surface area contributed by atoms with E-state index in [1.54, 1.807) is 4.52 Å². The lowest BCUT2D eigenvalue weighted by atomic mass is 10.0. The van der Waals surface area contributed by atoms with E-state index in [2.05, 4.69) is 42.2 Å². The number of rotatable bonds is 8. The Balaban J connectivity index is 1.97. The Labute approximate surface area is 155 Å². The van der Waals surface area contributed by atoms with E-state index >= 15 is 0 Å². The molecule has 2 aromatic rings. The summed E-state index contributed by atoms with van der Waals surface area (Å²) in [6.07, 6.45) is 5.92. The second-order valence-corrected chi connectivity index (χ2v) is 7.46. The van der Waals surface area contributed by atoms with Gasteiger partial charge in [0.2, 0.25) is 5.91 Å². The van der Waals surface area contributed by atoms with Crippen molar-refractivity contribution in [3.05, 3.63) is 28.7 Å². The SMILES string of the molecule is Cc1nc2c(C#N)cnn2c(C)c1CCC(=O)NC(C)CCCC(C)C. The Morgan fingerprint density at radius 2 is 2.04 bits per heavy atom. The molecule has 0 radical (unpaired) electrons. The van der Waals surface area contributed by atoms with Crippen LogP contribution in [0.4, 0.5) is 0 Å². The molecule has 0 bridgehead atoms. The van der Waals surface area contributed by atoms with Gasteiger partial charge in [0.05, 0.1) is 6.20 Å². The Kier molecular flexibility index (Phi) is 6.73. The van der Waals surface area contributed by atoms with Crippen molar-refractivity contribution in [2.75, 3.05) is 0 Å². The van der Waals surface area contributed by atoms with Crippen LogP contribution in [0, 0.1) is 31.1 Å². The van der Waals surface area contributed by atoms with Gasteiger partial charge in [-0.2, -0.15) is 10.4 Å². The molecule has 0 aliphatic rings. The Morgan fingerprint density at radius 1 is 1.31 bits per heavy atom. The number of nitriles is 1. The van der Waals surface area contributed by atoms with Crippen molar-refractivity contribution in [2.24, 2.45) is 5.92 Å². The molecule has 140 valence electrons. The average molecular weight is 355 g/mol. The van der Waals surface area contributed by atoms with Crippen LogP contribution in [0.3, 0.4) is 0 Å². The minimum absolute atomic E-state index is 0.0686. The number of nitrogens with one attached hydrogen (secondary N) is 1. The van der Waals surface area contributed by atoms with Crippen molar-refractivity contribution in [3.63, 3.8) is 0 Å². The average Bonchev–Trinajstić information content (AvgIpc) is 2.97. The summed E-state index contributed by atoms with van der Waals surface area (Å²) in [5, 5.41) is 16.5. The van der Waals surface area contributed by atoms with Gasteiger partial charge in [-0.1, -0.05) is 26.7 Å². The number of amides is 1. The summed E-state index contributed by atoms with van der Waals surface area (Å²) in [5.41, 5.74) is 3.86. The number of hydrogen-bond donors (Lipinski definition) is 1. The quantitative estimate of drug-likeness (QED) is 0.786. The fourth-order valence-electron chi connectivity index (χ4n) is 3.24. The lowest BCUT2D eigenvalue weighted by Gasteiger charge is -2.15. The molecule has 0 aliphatic heterocycles. The van der Waals surface area contributed by atoms with Gasteiger partial charge in [0.1, 0.15) is 11.6 Å². The maximum atomic E-state index is 12.3. The highest BCUT2D eigenvalue weighted by molar-refractivity contribution is 5.76. The first kappa shape index (κ1) is 19.9. The first-order valence-electron chi connectivity index (χ1n) is 9.36. The molecule has 0 aromatic carbocycles. The number of carbonyl (C=O) groups is 1. The van der Waals surface area contributed by atoms with Crippen LogP contribution in [0.15, 0.2) is 6.20 Å². The molecule has 0 saturated carbocycles. The lowest BCUT2D eigenvalue weighted by molar-refractivity contribution is -0.121. The zero-order valence-electron chi connectivity index (χ0n) is 16.5. The highest BCUT2D eigenvalue weighted by atomic mass is 16.1. The summed E-state index contributed by atoms with van der Waals surface area (Å²) in [4.78, 5) is 16.8. The van der Waals surface area contributed by atoms with E-state index in [9.17, 15) is 4.79 Å². The van der Waals surface area contributed by atoms with Gasteiger partial charge in [0.15, 0.2) is 5.65 Å². The lowest BCUT2D eigenvalue weighted by Crippen LogP contribution is -2.32. The molecule has 26 heavy (non-hydrogen) atoms. The van der Waals surface area contributed by atoms with E-state index in [1.807, 2.05) is 13.8 Å². The molecule has 1 unspecified atom stereocenters. The molecule has 0 saturated heterocycles. The molecular formula is C20H29N5O. The summed E-state index contributed by atoms with van der Waals surface area (Å²) in [6, 6.07) is 2.31. The summed E-state index contributed by atoms with van der Waals surface area (Å²) < 4.78 is 1.69. The van der Waals surface area contributed by atoms with E-state index in [-0.39, 0.29) is 11.9 Å². The van der Waals surface area contributed by atoms with Crippen LogP contribution in [-0.4, -0.2) is 26.5 Å². The fraction of sp³-hybridized carbons (Fsp3) is 0.600. The van der Waals surface area contributed by atoms with Gasteiger partial charge < -0.3 is 5.32 Å². The zero-order chi connectivity index (χ0) is 19.3. The summed E-state index contributed by atoms with van der Waals surface area (Å²) in [5.74, 6) is 0.772. The first-order chi connectivity index (χ1) is 12.3. The summed E-state index contributed by atoms with van der Waals surface area (Å²) >= 11 is 0. The third kappa shape index (κ3) is 4.81. The van der Waals surface area contributed by atoms with Crippen LogP contribution in [0.1, 0.15) is 69.0 Å². The maximum absolute atomic E-state index is 12.3. The Hall–Kier alpha value is -2.42. The van der Waals surface area contributed by atoms with Crippen molar-refractivity contribution in [1.82, 2.24) is 19.9 Å². The molecule has 2 aromatic heterocycles. The van der Waals surface area contributed by atoms with Crippen molar-refractivity contribution in [2.45, 2.75) is 72.8 Å². The predicted molar refractivity (Wildman–Crippen MR) is 102 cm³/mol. The largest absolute Gasteiger partial charge is 0.354 e. The van der Waals surface area contributed by atoms with E-state index in [0.29, 0.717) is 30.0 Å². The van der Waals surface area contributed by atoms with Gasteiger partial charge in [0, 0.05) is 23.9 Å². The van der Waals surface area contributed by atoms with Gasteiger partial charge in [-0.25, -0.2) is 9.50 Å². The molecule has 0 aliphatic carbocycles. The normalized spacial score (nSPS) is 12.3. The first-order valence-corrected chi connectivity index (χ1v) is 9.36. The van der Waals surface area contributed by atoms with E-state index < -0.39 is 0 Å². The number of fused-ring (bicyclic) bond motifs is 1. The van der Waals surface area contributed by atoms with Crippen LogP contribution >= 0.6 is 0 Å². The molecule has 2 heterocycles. The third-order valence-electron chi connectivity index (χ3n) is 4.76. The van der Waals surface area contributed by atoms with Crippen LogP contribution in [0.2, 0.25) is 0 Å². The minimum Gasteiger partial charge on any atom is -0.354 e. The molecule has 1 atom stereocenters. The Morgan fingerprint density at radius 3 is 2.69 bits per heavy atom. The van der Waals surface area contributed by atoms with Crippen molar-refractivity contribution in [3.8, 4) is 6.07 Å². The molecule has 2 rings (SSSR count). The van der Waals surface area contributed by atoms with Crippen LogP contribution in [-0.2, 0) is 11.2 Å². The molecule has 6 heteroatoms. The van der Waals surface area contributed by atoms with Gasteiger partial charge in [-0.05, 0) is 45.1 Å². The molecule has 6 nitrogen and oxygen atoms in total. The molecule has 0 spiro atoms. The standard InChI is InChI=1S/C20H29N5O/c1-13(2)7-6-8-14(3)23-19(26)10-9-18-15(4)24-20-17(11-21)12-22-25(20)16(18)5/h12-14H,6-10H2,1-5H3,(H,23,26). The fourth-order valence-corrected chi connectivity index (χ4v) is 3.24. The number of hydrogen-bond acceptors (Lipinski definition) is 4. The molecule has 1 N–H and O–H groups in total. The monoisotopic (exact) mass is 355 g/mol. The van der Waals surface area contributed by atoms with E-state index in [1.165, 1.54) is 12.6 Å². The van der Waals surface area contributed by atoms with Crippen molar-refractivity contribution in [1.29, 1.82) is 5.26 Å². The van der Waals surface area contributed by atoms with Gasteiger partial charge in [-0.3, -0.25) is 4.79 Å². The van der Waals surface area contributed by atoms with E-state index in [4.69, 9.17) is 5.26 Å². The van der Waals surface area contributed by atoms with Crippen molar-refractivity contribution < 1.29 is 4.79 Å². The highest BCUT2D eigenvalue weighted by Crippen LogP contribution is 2.18. The van der Waals surface area contributed by atoms with Crippen LogP contribution in [0.5, 0.6) is 0 Å². The molecular weight excluding hydrogens is 326 g/mol. The summed E-state index contributed by atoms with van der Waals surface area (Å²) in [7, 11) is 0. The topological polar surface area (TPSA) is 83.1 Å². The minimum atomic E-state index is 0.0686. The second kappa shape index (κ2) is 8.79. The van der Waals surface area contributed by atoms with E-state index in [0.717, 1.165) is 29.8 Å². The van der Waals surface area contributed by atoms with Crippen LogP contribution < -0.4 is 5.32 Å². The predicted octanol–water partition coefficient (Wildman–Crippen LogP) is 3.48. The number of aromatic nitrogens is 3. The third-order valence-corrected chi connectivity index (χ3v) is 4.76. The molecule has 1 amide bonds.